The minimum absolute atomic E-state index is 0.0255. The van der Waals surface area contributed by atoms with E-state index < -0.39 is 29.6 Å². The molecule has 0 aromatic heterocycles. The second-order valence-electron chi connectivity index (χ2n) is 7.81. The molecule has 2 rings (SSSR count). The lowest BCUT2D eigenvalue weighted by atomic mass is 9.99. The van der Waals surface area contributed by atoms with Gasteiger partial charge in [0.2, 0.25) is 5.91 Å². The Kier molecular flexibility index (Phi) is 9.13. The molecule has 1 aromatic rings. The smallest absolute Gasteiger partial charge is 0.389 e. The standard InChI is InChI=1S/C19H26ClF4N3O3Si/c20-13-4-3-12(9-14(13)21)30-10-16(28)27-18(31)7-5-15(26-11-18)17(29)25-8-2-1-6-19(22,23)24/h3-4,9,15,26H,1-2,5-8,10-11H2,31H3,(H,25,29)(H,27,28)/t15-,18+/m1/s1. The maximum atomic E-state index is 13.4. The maximum Gasteiger partial charge on any atom is 0.389 e. The van der Waals surface area contributed by atoms with Crippen LogP contribution in [0, 0.1) is 5.82 Å². The van der Waals surface area contributed by atoms with Gasteiger partial charge in [-0.25, -0.2) is 4.39 Å². The van der Waals surface area contributed by atoms with E-state index in [4.69, 9.17) is 16.3 Å². The van der Waals surface area contributed by atoms with Crippen LogP contribution in [0.5, 0.6) is 5.75 Å². The highest BCUT2D eigenvalue weighted by molar-refractivity contribution is 6.30. The van der Waals surface area contributed by atoms with Crippen LogP contribution in [-0.2, 0) is 9.59 Å². The van der Waals surface area contributed by atoms with Gasteiger partial charge in [-0.1, -0.05) is 11.6 Å². The summed E-state index contributed by atoms with van der Waals surface area (Å²) in [6, 6.07) is 3.45. The molecule has 1 aromatic carbocycles. The molecule has 6 nitrogen and oxygen atoms in total. The van der Waals surface area contributed by atoms with E-state index in [0.29, 0.717) is 29.6 Å². The van der Waals surface area contributed by atoms with Gasteiger partial charge in [-0.3, -0.25) is 9.59 Å². The summed E-state index contributed by atoms with van der Waals surface area (Å²) in [7, 11) is 0.623. The van der Waals surface area contributed by atoms with Gasteiger partial charge in [0.25, 0.3) is 5.91 Å². The van der Waals surface area contributed by atoms with Crippen molar-refractivity contribution in [1.82, 2.24) is 16.0 Å². The number of ether oxygens (including phenoxy) is 1. The normalized spacial score (nSPS) is 21.5. The van der Waals surface area contributed by atoms with E-state index in [9.17, 15) is 27.2 Å². The van der Waals surface area contributed by atoms with Crippen molar-refractivity contribution in [3.8, 4) is 5.75 Å². The van der Waals surface area contributed by atoms with Crippen LogP contribution in [-0.4, -0.2) is 59.1 Å². The minimum atomic E-state index is -4.18. The van der Waals surface area contributed by atoms with Gasteiger partial charge in [-0.15, -0.1) is 0 Å². The van der Waals surface area contributed by atoms with Crippen LogP contribution in [0.4, 0.5) is 17.6 Å². The van der Waals surface area contributed by atoms with E-state index in [1.165, 1.54) is 12.1 Å². The predicted molar refractivity (Wildman–Crippen MR) is 112 cm³/mol. The highest BCUT2D eigenvalue weighted by Crippen LogP contribution is 2.22. The Hall–Kier alpha value is -1.85. The first-order chi connectivity index (χ1) is 14.5. The zero-order valence-electron chi connectivity index (χ0n) is 17.1. The molecule has 0 aliphatic carbocycles. The molecular formula is C19H26ClF4N3O3Si. The Morgan fingerprint density at radius 1 is 1.32 bits per heavy atom. The number of amides is 2. The predicted octanol–water partition coefficient (Wildman–Crippen LogP) is 1.64. The molecule has 1 heterocycles. The van der Waals surface area contributed by atoms with Gasteiger partial charge in [-0.2, -0.15) is 13.2 Å². The summed E-state index contributed by atoms with van der Waals surface area (Å²) < 4.78 is 55.0. The Bertz CT molecular complexity index is 774. The van der Waals surface area contributed by atoms with Crippen LogP contribution >= 0.6 is 11.6 Å². The molecule has 2 atom stereocenters. The molecule has 1 fully saturated rings. The largest absolute Gasteiger partial charge is 0.484 e. The highest BCUT2D eigenvalue weighted by atomic mass is 35.5. The number of rotatable bonds is 9. The van der Waals surface area contributed by atoms with Gasteiger partial charge in [0, 0.05) is 41.0 Å². The van der Waals surface area contributed by atoms with Gasteiger partial charge >= 0.3 is 6.18 Å². The number of alkyl halides is 3. The Morgan fingerprint density at radius 3 is 2.68 bits per heavy atom. The molecule has 174 valence electrons. The average molecular weight is 484 g/mol. The third-order valence-corrected chi connectivity index (χ3v) is 6.34. The van der Waals surface area contributed by atoms with Crippen molar-refractivity contribution in [2.45, 2.75) is 49.5 Å². The third kappa shape index (κ3) is 9.04. The van der Waals surface area contributed by atoms with Crippen LogP contribution in [0.2, 0.25) is 5.02 Å². The molecule has 0 saturated carbocycles. The quantitative estimate of drug-likeness (QED) is 0.283. The number of carbonyl (C=O) groups excluding carboxylic acids is 2. The summed E-state index contributed by atoms with van der Waals surface area (Å²) in [5, 5.41) is 8.14. The summed E-state index contributed by atoms with van der Waals surface area (Å²) in [6.45, 7) is 0.304. The van der Waals surface area contributed by atoms with Crippen molar-refractivity contribution >= 4 is 33.7 Å². The van der Waals surface area contributed by atoms with Crippen molar-refractivity contribution < 1.29 is 31.9 Å². The summed E-state index contributed by atoms with van der Waals surface area (Å²) >= 11 is 5.60. The van der Waals surface area contributed by atoms with E-state index >= 15 is 0 Å². The molecule has 12 heteroatoms. The molecule has 1 aliphatic heterocycles. The van der Waals surface area contributed by atoms with Gasteiger partial charge in [0.1, 0.15) is 11.6 Å². The monoisotopic (exact) mass is 483 g/mol. The van der Waals surface area contributed by atoms with Crippen LogP contribution in [0.25, 0.3) is 0 Å². The number of unbranched alkanes of at least 4 members (excludes halogenated alkanes) is 1. The SMILES string of the molecule is O=C(COc1ccc(Cl)c(F)c1)N[C@]1([SiH3])CC[C@H](C(=O)NCCCCC(F)(F)F)NC1. The summed E-state index contributed by atoms with van der Waals surface area (Å²) in [6.07, 6.45) is -3.73. The first kappa shape index (κ1) is 25.4. The van der Waals surface area contributed by atoms with Crippen molar-refractivity contribution in [3.63, 3.8) is 0 Å². The number of benzene rings is 1. The Morgan fingerprint density at radius 2 is 2.06 bits per heavy atom. The summed E-state index contributed by atoms with van der Waals surface area (Å²) in [5.41, 5.74) is 0. The van der Waals surface area contributed by atoms with Crippen molar-refractivity contribution in [2.75, 3.05) is 19.7 Å². The van der Waals surface area contributed by atoms with Crippen LogP contribution < -0.4 is 20.7 Å². The zero-order chi connectivity index (χ0) is 23.1. The number of hydrogen-bond donors (Lipinski definition) is 3. The fraction of sp³-hybridized carbons (Fsp3) is 0.579. The Balaban J connectivity index is 1.68. The van der Waals surface area contributed by atoms with E-state index in [-0.39, 0.29) is 48.6 Å². The van der Waals surface area contributed by atoms with Gasteiger partial charge in [0.15, 0.2) is 6.61 Å². The second-order valence-corrected chi connectivity index (χ2v) is 10.1. The molecule has 0 radical (unpaired) electrons. The molecule has 0 unspecified atom stereocenters. The lowest BCUT2D eigenvalue weighted by molar-refractivity contribution is -0.135. The number of hydrogen-bond acceptors (Lipinski definition) is 4. The first-order valence-electron chi connectivity index (χ1n) is 9.94. The topological polar surface area (TPSA) is 79.5 Å². The lowest BCUT2D eigenvalue weighted by Gasteiger charge is -2.38. The number of halogens is 5. The molecular weight excluding hydrogens is 458 g/mol. The van der Waals surface area contributed by atoms with E-state index in [0.717, 1.165) is 6.07 Å². The van der Waals surface area contributed by atoms with Crippen molar-refractivity contribution in [2.24, 2.45) is 0 Å². The molecule has 31 heavy (non-hydrogen) atoms. The number of nitrogens with one attached hydrogen (secondary N) is 3. The van der Waals surface area contributed by atoms with Crippen LogP contribution in [0.3, 0.4) is 0 Å². The van der Waals surface area contributed by atoms with Crippen molar-refractivity contribution in [3.05, 3.63) is 29.0 Å². The van der Waals surface area contributed by atoms with E-state index in [1.54, 1.807) is 0 Å². The van der Waals surface area contributed by atoms with Gasteiger partial charge in [-0.05, 0) is 37.8 Å². The molecule has 0 bridgehead atoms. The zero-order valence-corrected chi connectivity index (χ0v) is 19.8. The second kappa shape index (κ2) is 11.1. The number of carbonyl (C=O) groups is 2. The Labute approximate surface area is 185 Å². The fourth-order valence-electron chi connectivity index (χ4n) is 3.21. The molecule has 0 spiro atoms. The minimum Gasteiger partial charge on any atom is -0.484 e. The van der Waals surface area contributed by atoms with Crippen molar-refractivity contribution in [1.29, 1.82) is 0 Å². The average Bonchev–Trinajstić information content (AvgIpc) is 2.68. The lowest BCUT2D eigenvalue weighted by Crippen LogP contribution is -2.63. The highest BCUT2D eigenvalue weighted by Gasteiger charge is 2.34. The molecule has 3 N–H and O–H groups in total. The third-order valence-electron chi connectivity index (χ3n) is 4.93. The van der Waals surface area contributed by atoms with Crippen LogP contribution in [0.1, 0.15) is 32.1 Å². The maximum absolute atomic E-state index is 13.4. The van der Waals surface area contributed by atoms with E-state index in [1.807, 2.05) is 0 Å². The fourth-order valence-corrected chi connectivity index (χ4v) is 4.09. The first-order valence-corrected chi connectivity index (χ1v) is 11.3. The van der Waals surface area contributed by atoms with Gasteiger partial charge in [0.05, 0.1) is 11.1 Å². The number of piperidine rings is 1. The van der Waals surface area contributed by atoms with Crippen LogP contribution in [0.15, 0.2) is 18.2 Å². The molecule has 1 saturated heterocycles. The summed E-state index contributed by atoms with van der Waals surface area (Å²) in [5.74, 6) is -1.07. The molecule has 2 amide bonds. The molecule has 1 aliphatic rings. The summed E-state index contributed by atoms with van der Waals surface area (Å²) in [4.78, 5) is 24.4. The van der Waals surface area contributed by atoms with Gasteiger partial charge < -0.3 is 20.7 Å². The van der Waals surface area contributed by atoms with E-state index in [2.05, 4.69) is 16.0 Å².